The molecule has 1 aromatic rings. The smallest absolute Gasteiger partial charge is 0.280 e. The van der Waals surface area contributed by atoms with E-state index in [1.807, 2.05) is 0 Å². The summed E-state index contributed by atoms with van der Waals surface area (Å²) >= 11 is 0. The monoisotopic (exact) mass is 224 g/mol. The molecule has 0 aliphatic heterocycles. The molecule has 0 fully saturated rings. The first-order chi connectivity index (χ1) is 7.41. The fraction of sp³-hybridized carbons (Fsp3) is 0. The Labute approximate surface area is 89.6 Å². The normalized spacial score (nSPS) is 10.5. The maximum absolute atomic E-state index is 10.6. The molecule has 7 heteroatoms. The number of hydrogen-bond donors (Lipinski definition) is 3. The van der Waals surface area contributed by atoms with Gasteiger partial charge in [0, 0.05) is 6.08 Å². The Morgan fingerprint density at radius 2 is 1.94 bits per heavy atom. The number of aromatic hydroxyl groups is 2. The third-order valence-electron chi connectivity index (χ3n) is 1.75. The van der Waals surface area contributed by atoms with Crippen molar-refractivity contribution in [3.63, 3.8) is 0 Å². The van der Waals surface area contributed by atoms with E-state index in [0.717, 1.165) is 24.3 Å². The van der Waals surface area contributed by atoms with E-state index in [1.54, 1.807) is 0 Å². The number of rotatable bonds is 3. The third kappa shape index (κ3) is 2.47. The van der Waals surface area contributed by atoms with Gasteiger partial charge in [-0.2, -0.15) is 0 Å². The number of nitrogens with two attached hydrogens (primary N) is 1. The van der Waals surface area contributed by atoms with E-state index in [2.05, 4.69) is 0 Å². The van der Waals surface area contributed by atoms with Crippen LogP contribution in [-0.2, 0) is 4.79 Å². The molecule has 0 heterocycles. The molecule has 0 aliphatic rings. The van der Waals surface area contributed by atoms with Crippen LogP contribution in [0.3, 0.4) is 0 Å². The summed E-state index contributed by atoms with van der Waals surface area (Å²) < 4.78 is 0. The van der Waals surface area contributed by atoms with Gasteiger partial charge in [-0.3, -0.25) is 14.9 Å². The molecule has 0 unspecified atom stereocenters. The highest BCUT2D eigenvalue weighted by Gasteiger charge is 2.15. The second-order valence-electron chi connectivity index (χ2n) is 2.89. The number of hydrogen-bond acceptors (Lipinski definition) is 5. The van der Waals surface area contributed by atoms with Gasteiger partial charge in [0.2, 0.25) is 5.91 Å². The van der Waals surface area contributed by atoms with Crippen LogP contribution >= 0.6 is 0 Å². The van der Waals surface area contributed by atoms with Crippen LogP contribution in [0.2, 0.25) is 0 Å². The molecular formula is C9H8N2O5. The Kier molecular flexibility index (Phi) is 3.09. The number of nitro benzene ring substituents is 1. The molecule has 84 valence electrons. The van der Waals surface area contributed by atoms with Gasteiger partial charge in [-0.15, -0.1) is 0 Å². The number of phenolic OH excluding ortho intramolecular Hbond substituents is 2. The first-order valence-corrected chi connectivity index (χ1v) is 4.09. The van der Waals surface area contributed by atoms with Crippen molar-refractivity contribution >= 4 is 17.7 Å². The lowest BCUT2D eigenvalue weighted by molar-refractivity contribution is -0.385. The average molecular weight is 224 g/mol. The zero-order valence-corrected chi connectivity index (χ0v) is 7.95. The van der Waals surface area contributed by atoms with Gasteiger partial charge in [0.15, 0.2) is 11.5 Å². The van der Waals surface area contributed by atoms with Gasteiger partial charge in [0.05, 0.1) is 16.6 Å². The number of nitro groups is 1. The number of nitrogens with zero attached hydrogens (tertiary/aromatic N) is 1. The maximum atomic E-state index is 10.6. The van der Waals surface area contributed by atoms with E-state index in [0.29, 0.717) is 0 Å². The minimum absolute atomic E-state index is 0.0286. The summed E-state index contributed by atoms with van der Waals surface area (Å²) in [6.45, 7) is 0. The van der Waals surface area contributed by atoms with Crippen molar-refractivity contribution < 1.29 is 19.9 Å². The zero-order valence-electron chi connectivity index (χ0n) is 7.95. The summed E-state index contributed by atoms with van der Waals surface area (Å²) in [4.78, 5) is 20.3. The number of carbonyl (C=O) groups excluding carboxylic acids is 1. The summed E-state index contributed by atoms with van der Waals surface area (Å²) in [6, 6.07) is 1.75. The van der Waals surface area contributed by atoms with Gasteiger partial charge in [-0.05, 0) is 12.1 Å². The lowest BCUT2D eigenvalue weighted by atomic mass is 10.1. The molecular weight excluding hydrogens is 216 g/mol. The number of carbonyl (C=O) groups is 1. The Hall–Kier alpha value is -2.57. The first-order valence-electron chi connectivity index (χ1n) is 4.09. The van der Waals surface area contributed by atoms with Crippen LogP contribution < -0.4 is 5.73 Å². The van der Waals surface area contributed by atoms with Crippen molar-refractivity contribution in [1.82, 2.24) is 0 Å². The van der Waals surface area contributed by atoms with Gasteiger partial charge in [0.1, 0.15) is 0 Å². The maximum Gasteiger partial charge on any atom is 0.280 e. The number of amides is 1. The highest BCUT2D eigenvalue weighted by Crippen LogP contribution is 2.33. The molecule has 0 spiro atoms. The minimum Gasteiger partial charge on any atom is -0.504 e. The average Bonchev–Trinajstić information content (AvgIpc) is 2.18. The van der Waals surface area contributed by atoms with Crippen LogP contribution in [0, 0.1) is 10.1 Å². The summed E-state index contributed by atoms with van der Waals surface area (Å²) in [5, 5.41) is 28.8. The number of phenols is 2. The van der Waals surface area contributed by atoms with Crippen molar-refractivity contribution in [2.45, 2.75) is 0 Å². The van der Waals surface area contributed by atoms with Crippen LogP contribution in [0.1, 0.15) is 5.56 Å². The molecule has 0 bridgehead atoms. The topological polar surface area (TPSA) is 127 Å². The molecule has 1 aromatic carbocycles. The van der Waals surface area contributed by atoms with E-state index >= 15 is 0 Å². The van der Waals surface area contributed by atoms with E-state index < -0.39 is 28.0 Å². The summed E-state index contributed by atoms with van der Waals surface area (Å²) in [6.07, 6.45) is 2.00. The second-order valence-corrected chi connectivity index (χ2v) is 2.89. The third-order valence-corrected chi connectivity index (χ3v) is 1.75. The van der Waals surface area contributed by atoms with Crippen LogP contribution in [-0.4, -0.2) is 21.0 Å². The van der Waals surface area contributed by atoms with Gasteiger partial charge in [0.25, 0.3) is 5.69 Å². The van der Waals surface area contributed by atoms with Crippen LogP contribution in [0.25, 0.3) is 6.08 Å². The van der Waals surface area contributed by atoms with Crippen LogP contribution in [0.5, 0.6) is 11.5 Å². The van der Waals surface area contributed by atoms with Crippen LogP contribution in [0.15, 0.2) is 18.2 Å². The fourth-order valence-corrected chi connectivity index (χ4v) is 1.05. The van der Waals surface area contributed by atoms with Gasteiger partial charge in [-0.1, -0.05) is 0 Å². The van der Waals surface area contributed by atoms with E-state index in [9.17, 15) is 14.9 Å². The Bertz CT molecular complexity index is 481. The Balaban J connectivity index is 3.30. The highest BCUT2D eigenvalue weighted by atomic mass is 16.6. The second kappa shape index (κ2) is 4.30. The zero-order chi connectivity index (χ0) is 12.3. The Morgan fingerprint density at radius 1 is 1.38 bits per heavy atom. The summed E-state index contributed by atoms with van der Waals surface area (Å²) in [5.41, 5.74) is 4.36. The van der Waals surface area contributed by atoms with Gasteiger partial charge in [-0.25, -0.2) is 0 Å². The van der Waals surface area contributed by atoms with E-state index in [-0.39, 0.29) is 5.56 Å². The highest BCUT2D eigenvalue weighted by molar-refractivity contribution is 5.91. The largest absolute Gasteiger partial charge is 0.504 e. The lowest BCUT2D eigenvalue weighted by Crippen LogP contribution is -2.05. The van der Waals surface area contributed by atoms with Crippen molar-refractivity contribution in [1.29, 1.82) is 0 Å². The molecule has 16 heavy (non-hydrogen) atoms. The Morgan fingerprint density at radius 3 is 2.44 bits per heavy atom. The van der Waals surface area contributed by atoms with E-state index in [4.69, 9.17) is 15.9 Å². The molecule has 7 nitrogen and oxygen atoms in total. The predicted molar refractivity (Wildman–Crippen MR) is 54.7 cm³/mol. The molecule has 0 saturated carbocycles. The number of primary amides is 1. The summed E-state index contributed by atoms with van der Waals surface area (Å²) in [5.74, 6) is -1.90. The van der Waals surface area contributed by atoms with Crippen molar-refractivity contribution in [3.05, 3.63) is 33.9 Å². The minimum atomic E-state index is -0.776. The fourth-order valence-electron chi connectivity index (χ4n) is 1.05. The standard InChI is InChI=1S/C9H8N2O5/c10-9(14)2-1-5-3-7(12)8(13)4-6(5)11(15)16/h1-4,12-13H,(H2,10,14)/b2-1-. The molecule has 0 aliphatic carbocycles. The van der Waals surface area contributed by atoms with Crippen molar-refractivity contribution in [2.24, 2.45) is 5.73 Å². The molecule has 0 aromatic heterocycles. The predicted octanol–water partition coefficient (Wildman–Crippen LogP) is 0.504. The van der Waals surface area contributed by atoms with Gasteiger partial charge >= 0.3 is 0 Å². The molecule has 4 N–H and O–H groups in total. The van der Waals surface area contributed by atoms with Crippen molar-refractivity contribution in [2.75, 3.05) is 0 Å². The van der Waals surface area contributed by atoms with Crippen molar-refractivity contribution in [3.8, 4) is 11.5 Å². The molecule has 1 amide bonds. The summed E-state index contributed by atoms with van der Waals surface area (Å²) in [7, 11) is 0. The quantitative estimate of drug-likeness (QED) is 0.298. The van der Waals surface area contributed by atoms with Gasteiger partial charge < -0.3 is 15.9 Å². The lowest BCUT2D eigenvalue weighted by Gasteiger charge is -2.01. The number of benzene rings is 1. The molecule has 0 atom stereocenters. The molecule has 1 rings (SSSR count). The SMILES string of the molecule is NC(=O)/C=C\c1cc(O)c(O)cc1[N+](=O)[O-]. The first kappa shape index (κ1) is 11.5. The van der Waals surface area contributed by atoms with E-state index in [1.165, 1.54) is 0 Å². The molecule has 0 saturated heterocycles. The van der Waals surface area contributed by atoms with Crippen LogP contribution in [0.4, 0.5) is 5.69 Å². The molecule has 0 radical (unpaired) electrons.